The highest BCUT2D eigenvalue weighted by molar-refractivity contribution is 7.18. The number of piperazine rings is 1. The molecule has 0 spiro atoms. The largest absolute Gasteiger partial charge is 0.459 e. The van der Waals surface area contributed by atoms with Gasteiger partial charge in [0.2, 0.25) is 0 Å². The van der Waals surface area contributed by atoms with Crippen LogP contribution in [0.15, 0.2) is 53.1 Å². The number of halogens is 3. The van der Waals surface area contributed by atoms with Gasteiger partial charge in [0.15, 0.2) is 5.76 Å². The highest BCUT2D eigenvalue weighted by atomic mass is 32.1. The zero-order chi connectivity index (χ0) is 23.6. The zero-order valence-corrected chi connectivity index (χ0v) is 18.6. The standard InChI is InChI=1S/C23H22F3N3O3S/c1-15-12-19(27-21(30)18-6-3-11-32-18)33-20(15)22(31)29-9-7-28(8-10-29)14-16-4-2-5-17(13-16)23(24,25)26/h2-6,11-13H,7-10,14H2,1H3,(H,27,30). The van der Waals surface area contributed by atoms with E-state index >= 15 is 0 Å². The van der Waals surface area contributed by atoms with Gasteiger partial charge >= 0.3 is 6.18 Å². The molecule has 0 saturated carbocycles. The van der Waals surface area contributed by atoms with Gasteiger partial charge in [-0.3, -0.25) is 14.5 Å². The molecule has 1 aromatic carbocycles. The van der Waals surface area contributed by atoms with Crippen molar-refractivity contribution in [3.8, 4) is 0 Å². The number of hydrogen-bond donors (Lipinski definition) is 1. The maximum atomic E-state index is 13.0. The Bertz CT molecular complexity index is 1130. The third kappa shape index (κ3) is 5.45. The van der Waals surface area contributed by atoms with Crippen molar-refractivity contribution in [2.24, 2.45) is 0 Å². The van der Waals surface area contributed by atoms with Crippen molar-refractivity contribution in [2.75, 3.05) is 31.5 Å². The van der Waals surface area contributed by atoms with Gasteiger partial charge in [-0.1, -0.05) is 18.2 Å². The number of aryl methyl sites for hydroxylation is 1. The summed E-state index contributed by atoms with van der Waals surface area (Å²) in [5.41, 5.74) is 0.707. The first-order chi connectivity index (χ1) is 15.7. The van der Waals surface area contributed by atoms with Gasteiger partial charge in [-0.15, -0.1) is 11.3 Å². The molecule has 0 unspecified atom stereocenters. The van der Waals surface area contributed by atoms with Gasteiger partial charge in [0.05, 0.1) is 21.7 Å². The molecule has 2 aromatic heterocycles. The van der Waals surface area contributed by atoms with Crippen LogP contribution in [-0.2, 0) is 12.7 Å². The van der Waals surface area contributed by atoms with Crippen LogP contribution in [0, 0.1) is 6.92 Å². The maximum absolute atomic E-state index is 13.0. The third-order valence-electron chi connectivity index (χ3n) is 5.41. The van der Waals surface area contributed by atoms with Crippen molar-refractivity contribution in [2.45, 2.75) is 19.6 Å². The van der Waals surface area contributed by atoms with E-state index in [0.717, 1.165) is 11.6 Å². The summed E-state index contributed by atoms with van der Waals surface area (Å²) in [6, 6.07) is 10.3. The van der Waals surface area contributed by atoms with E-state index in [0.29, 0.717) is 48.2 Å². The molecule has 174 valence electrons. The second kappa shape index (κ2) is 9.40. The molecule has 10 heteroatoms. The number of thiophene rings is 1. The lowest BCUT2D eigenvalue weighted by Gasteiger charge is -2.34. The van der Waals surface area contributed by atoms with E-state index in [1.54, 1.807) is 29.2 Å². The van der Waals surface area contributed by atoms with Crippen LogP contribution >= 0.6 is 11.3 Å². The van der Waals surface area contributed by atoms with Gasteiger partial charge < -0.3 is 14.6 Å². The number of hydrogen-bond acceptors (Lipinski definition) is 5. The van der Waals surface area contributed by atoms with Crippen molar-refractivity contribution < 1.29 is 27.2 Å². The lowest BCUT2D eigenvalue weighted by molar-refractivity contribution is -0.137. The van der Waals surface area contributed by atoms with Gasteiger partial charge in [-0.05, 0) is 42.3 Å². The number of carbonyl (C=O) groups excluding carboxylic acids is 2. The topological polar surface area (TPSA) is 65.8 Å². The van der Waals surface area contributed by atoms with Crippen molar-refractivity contribution in [3.05, 3.63) is 76.1 Å². The molecule has 4 rings (SSSR count). The molecule has 0 bridgehead atoms. The summed E-state index contributed by atoms with van der Waals surface area (Å²) in [5, 5.41) is 3.30. The number of furan rings is 1. The highest BCUT2D eigenvalue weighted by Gasteiger charge is 2.31. The summed E-state index contributed by atoms with van der Waals surface area (Å²) in [7, 11) is 0. The van der Waals surface area contributed by atoms with E-state index in [1.165, 1.54) is 29.7 Å². The van der Waals surface area contributed by atoms with Crippen LogP contribution in [0.1, 0.15) is 36.9 Å². The van der Waals surface area contributed by atoms with E-state index < -0.39 is 11.7 Å². The molecule has 1 saturated heterocycles. The molecule has 2 amide bonds. The lowest BCUT2D eigenvalue weighted by atomic mass is 10.1. The van der Waals surface area contributed by atoms with Gasteiger partial charge in [0.1, 0.15) is 0 Å². The number of alkyl halides is 3. The smallest absolute Gasteiger partial charge is 0.416 e. The molecule has 0 aliphatic carbocycles. The summed E-state index contributed by atoms with van der Waals surface area (Å²) in [6.45, 7) is 4.29. The molecule has 1 fully saturated rings. The molecule has 3 heterocycles. The molecular weight excluding hydrogens is 455 g/mol. The van der Waals surface area contributed by atoms with Crippen LogP contribution < -0.4 is 5.32 Å². The van der Waals surface area contributed by atoms with Crippen LogP contribution in [0.3, 0.4) is 0 Å². The van der Waals surface area contributed by atoms with Gasteiger partial charge in [-0.2, -0.15) is 13.2 Å². The molecule has 0 radical (unpaired) electrons. The average Bonchev–Trinajstić information content (AvgIpc) is 3.43. The predicted octanol–water partition coefficient (Wildman–Crippen LogP) is 4.88. The summed E-state index contributed by atoms with van der Waals surface area (Å²) in [4.78, 5) is 29.5. The number of rotatable bonds is 5. The van der Waals surface area contributed by atoms with Crippen LogP contribution in [0.25, 0.3) is 0 Å². The summed E-state index contributed by atoms with van der Waals surface area (Å²) >= 11 is 1.21. The number of benzene rings is 1. The normalized spacial score (nSPS) is 15.0. The highest BCUT2D eigenvalue weighted by Crippen LogP contribution is 2.30. The van der Waals surface area contributed by atoms with Gasteiger partial charge in [-0.25, -0.2) is 0 Å². The van der Waals surface area contributed by atoms with Crippen molar-refractivity contribution in [3.63, 3.8) is 0 Å². The number of amides is 2. The first-order valence-electron chi connectivity index (χ1n) is 10.3. The Kier molecular flexibility index (Phi) is 6.57. The lowest BCUT2D eigenvalue weighted by Crippen LogP contribution is -2.48. The maximum Gasteiger partial charge on any atom is 0.416 e. The van der Waals surface area contributed by atoms with Gasteiger partial charge in [0.25, 0.3) is 11.8 Å². The van der Waals surface area contributed by atoms with E-state index in [1.807, 2.05) is 11.8 Å². The third-order valence-corrected chi connectivity index (χ3v) is 6.55. The van der Waals surface area contributed by atoms with Crippen molar-refractivity contribution >= 4 is 28.2 Å². The Hall–Kier alpha value is -3.11. The number of carbonyl (C=O) groups is 2. The van der Waals surface area contributed by atoms with Gasteiger partial charge in [0, 0.05) is 32.7 Å². The quantitative estimate of drug-likeness (QED) is 0.569. The Morgan fingerprint density at radius 3 is 2.52 bits per heavy atom. The molecule has 33 heavy (non-hydrogen) atoms. The minimum atomic E-state index is -4.37. The first-order valence-corrected chi connectivity index (χ1v) is 11.2. The van der Waals surface area contributed by atoms with Crippen LogP contribution in [-0.4, -0.2) is 47.8 Å². The Labute approximate surface area is 192 Å². The minimum absolute atomic E-state index is 0.116. The number of nitrogens with zero attached hydrogens (tertiary/aromatic N) is 2. The fourth-order valence-corrected chi connectivity index (χ4v) is 4.73. The molecule has 6 nitrogen and oxygen atoms in total. The van der Waals surface area contributed by atoms with E-state index in [2.05, 4.69) is 5.32 Å². The SMILES string of the molecule is Cc1cc(NC(=O)c2ccco2)sc1C(=O)N1CCN(Cc2cccc(C(F)(F)F)c2)CC1. The summed E-state index contributed by atoms with van der Waals surface area (Å²) in [5.74, 6) is -0.316. The minimum Gasteiger partial charge on any atom is -0.459 e. The average molecular weight is 478 g/mol. The van der Waals surface area contributed by atoms with Crippen molar-refractivity contribution in [1.29, 1.82) is 0 Å². The Balaban J connectivity index is 1.34. The molecule has 0 atom stereocenters. The van der Waals surface area contributed by atoms with E-state index in [4.69, 9.17) is 4.42 Å². The molecule has 1 aliphatic rings. The van der Waals surface area contributed by atoms with Crippen LogP contribution in [0.4, 0.5) is 18.2 Å². The first kappa shape index (κ1) is 23.1. The van der Waals surface area contributed by atoms with Crippen LogP contribution in [0.5, 0.6) is 0 Å². The molecule has 1 aliphatic heterocycles. The zero-order valence-electron chi connectivity index (χ0n) is 17.8. The second-order valence-corrected chi connectivity index (χ2v) is 8.87. The van der Waals surface area contributed by atoms with Crippen LogP contribution in [0.2, 0.25) is 0 Å². The fraction of sp³-hybridized carbons (Fsp3) is 0.304. The summed E-state index contributed by atoms with van der Waals surface area (Å²) < 4.78 is 43.9. The molecular formula is C23H22F3N3O3S. The number of nitrogens with one attached hydrogen (secondary N) is 1. The fourth-order valence-electron chi connectivity index (χ4n) is 3.69. The Morgan fingerprint density at radius 1 is 1.09 bits per heavy atom. The Morgan fingerprint density at radius 2 is 1.85 bits per heavy atom. The molecule has 1 N–H and O–H groups in total. The van der Waals surface area contributed by atoms with E-state index in [9.17, 15) is 22.8 Å². The van der Waals surface area contributed by atoms with E-state index in [-0.39, 0.29) is 17.6 Å². The summed E-state index contributed by atoms with van der Waals surface area (Å²) in [6.07, 6.45) is -2.95. The number of anilines is 1. The monoisotopic (exact) mass is 477 g/mol. The van der Waals surface area contributed by atoms with Crippen molar-refractivity contribution in [1.82, 2.24) is 9.80 Å². The molecule has 3 aromatic rings. The predicted molar refractivity (Wildman–Crippen MR) is 118 cm³/mol. The second-order valence-electron chi connectivity index (χ2n) is 7.82.